The number of benzene rings is 2. The van der Waals surface area contributed by atoms with E-state index in [0.717, 1.165) is 18.7 Å². The minimum Gasteiger partial charge on any atom is -0.126 e. The molecule has 0 heterocycles. The molecule has 20 heavy (non-hydrogen) atoms. The Kier molecular flexibility index (Phi) is 6.14. The van der Waals surface area contributed by atoms with Gasteiger partial charge in [-0.3, -0.25) is 0 Å². The van der Waals surface area contributed by atoms with Gasteiger partial charge in [-0.2, -0.15) is 0 Å². The second kappa shape index (κ2) is 8.11. The van der Waals surface area contributed by atoms with Gasteiger partial charge >= 0.3 is 0 Å². The van der Waals surface area contributed by atoms with Crippen molar-refractivity contribution in [3.63, 3.8) is 0 Å². The number of hydrogen-bond acceptors (Lipinski definition) is 0. The van der Waals surface area contributed by atoms with E-state index in [1.54, 1.807) is 0 Å². The summed E-state index contributed by atoms with van der Waals surface area (Å²) in [4.78, 5) is 0. The zero-order valence-corrected chi connectivity index (χ0v) is 12.9. The van der Waals surface area contributed by atoms with Gasteiger partial charge in [0, 0.05) is 5.88 Å². The van der Waals surface area contributed by atoms with Crippen LogP contribution in [0, 0.1) is 12.8 Å². The summed E-state index contributed by atoms with van der Waals surface area (Å²) < 4.78 is 0. The van der Waals surface area contributed by atoms with Crippen LogP contribution in [0.15, 0.2) is 54.6 Å². The molecule has 1 atom stereocenters. The van der Waals surface area contributed by atoms with Crippen molar-refractivity contribution in [3.05, 3.63) is 71.3 Å². The number of hydrogen-bond donors (Lipinski definition) is 0. The lowest BCUT2D eigenvalue weighted by Gasteiger charge is -2.14. The second-order valence-corrected chi connectivity index (χ2v) is 5.90. The van der Waals surface area contributed by atoms with E-state index < -0.39 is 0 Å². The van der Waals surface area contributed by atoms with Crippen molar-refractivity contribution in [2.24, 2.45) is 5.92 Å². The van der Waals surface area contributed by atoms with Crippen LogP contribution in [0.2, 0.25) is 0 Å². The van der Waals surface area contributed by atoms with E-state index in [1.807, 2.05) is 0 Å². The Bertz CT molecular complexity index is 504. The van der Waals surface area contributed by atoms with E-state index in [4.69, 9.17) is 11.6 Å². The first kappa shape index (κ1) is 15.1. The molecule has 0 aromatic heterocycles. The van der Waals surface area contributed by atoms with Gasteiger partial charge in [-0.1, -0.05) is 60.2 Å². The monoisotopic (exact) mass is 286 g/mol. The van der Waals surface area contributed by atoms with Crippen LogP contribution in [0.25, 0.3) is 0 Å². The third-order valence-corrected chi connectivity index (χ3v) is 4.18. The summed E-state index contributed by atoms with van der Waals surface area (Å²) in [7, 11) is 0. The maximum Gasteiger partial charge on any atom is 0.0254 e. The van der Waals surface area contributed by atoms with Crippen molar-refractivity contribution < 1.29 is 0 Å². The van der Waals surface area contributed by atoms with Crippen LogP contribution in [0.5, 0.6) is 0 Å². The van der Waals surface area contributed by atoms with Gasteiger partial charge in [0.25, 0.3) is 0 Å². The SMILES string of the molecule is Cc1cccc(CC(CCl)CCCc2ccccc2)c1. The Morgan fingerprint density at radius 1 is 0.950 bits per heavy atom. The minimum atomic E-state index is 0.585. The molecule has 0 aliphatic heterocycles. The third kappa shape index (κ3) is 5.02. The highest BCUT2D eigenvalue weighted by molar-refractivity contribution is 6.18. The standard InChI is InChI=1S/C19H23Cl/c1-16-7-5-11-18(13-16)14-19(15-20)12-6-10-17-8-3-2-4-9-17/h2-5,7-9,11,13,19H,6,10,12,14-15H2,1H3. The lowest BCUT2D eigenvalue weighted by Crippen LogP contribution is -2.07. The van der Waals surface area contributed by atoms with Crippen LogP contribution < -0.4 is 0 Å². The topological polar surface area (TPSA) is 0 Å². The first-order chi connectivity index (χ1) is 9.78. The van der Waals surface area contributed by atoms with Gasteiger partial charge in [0.15, 0.2) is 0 Å². The van der Waals surface area contributed by atoms with Gasteiger partial charge in [0.1, 0.15) is 0 Å². The molecule has 0 radical (unpaired) electrons. The smallest absolute Gasteiger partial charge is 0.0254 e. The van der Waals surface area contributed by atoms with Gasteiger partial charge in [-0.25, -0.2) is 0 Å². The molecule has 2 aromatic rings. The largest absolute Gasteiger partial charge is 0.126 e. The second-order valence-electron chi connectivity index (χ2n) is 5.59. The summed E-state index contributed by atoms with van der Waals surface area (Å²) in [5, 5.41) is 0. The molecule has 106 valence electrons. The fraction of sp³-hybridized carbons (Fsp3) is 0.368. The Balaban J connectivity index is 1.80. The summed E-state index contributed by atoms with van der Waals surface area (Å²) in [5.41, 5.74) is 4.17. The molecular weight excluding hydrogens is 264 g/mol. The normalized spacial score (nSPS) is 12.3. The molecule has 1 heteroatoms. The van der Waals surface area contributed by atoms with Crippen LogP contribution in [0.4, 0.5) is 0 Å². The molecule has 2 rings (SSSR count). The maximum absolute atomic E-state index is 6.14. The number of alkyl halides is 1. The molecule has 1 unspecified atom stereocenters. The summed E-state index contributed by atoms with van der Waals surface area (Å²) in [6.07, 6.45) is 4.67. The van der Waals surface area contributed by atoms with Gasteiger partial charge in [-0.05, 0) is 49.7 Å². The maximum atomic E-state index is 6.14. The summed E-state index contributed by atoms with van der Waals surface area (Å²) >= 11 is 6.14. The molecular formula is C19H23Cl. The highest BCUT2D eigenvalue weighted by atomic mass is 35.5. The lowest BCUT2D eigenvalue weighted by molar-refractivity contribution is 0.513. The van der Waals surface area contributed by atoms with E-state index in [-0.39, 0.29) is 0 Å². The van der Waals surface area contributed by atoms with E-state index >= 15 is 0 Å². The van der Waals surface area contributed by atoms with E-state index in [9.17, 15) is 0 Å². The highest BCUT2D eigenvalue weighted by Crippen LogP contribution is 2.18. The number of rotatable bonds is 7. The fourth-order valence-corrected chi connectivity index (χ4v) is 2.91. The third-order valence-electron chi connectivity index (χ3n) is 3.75. The molecule has 2 aromatic carbocycles. The van der Waals surface area contributed by atoms with E-state index in [1.165, 1.54) is 29.5 Å². The van der Waals surface area contributed by atoms with E-state index in [0.29, 0.717) is 5.92 Å². The predicted octanol–water partition coefficient (Wildman–Crippen LogP) is 5.42. The summed E-state index contributed by atoms with van der Waals surface area (Å²) in [6, 6.07) is 19.5. The lowest BCUT2D eigenvalue weighted by atomic mass is 9.94. The van der Waals surface area contributed by atoms with Crippen molar-refractivity contribution in [2.45, 2.75) is 32.6 Å². The van der Waals surface area contributed by atoms with Crippen LogP contribution in [0.1, 0.15) is 29.5 Å². The van der Waals surface area contributed by atoms with Crippen LogP contribution >= 0.6 is 11.6 Å². The minimum absolute atomic E-state index is 0.585. The average Bonchev–Trinajstić information content (AvgIpc) is 2.47. The van der Waals surface area contributed by atoms with Crippen molar-refractivity contribution in [3.8, 4) is 0 Å². The quantitative estimate of drug-likeness (QED) is 0.597. The van der Waals surface area contributed by atoms with Crippen molar-refractivity contribution in [1.29, 1.82) is 0 Å². The zero-order chi connectivity index (χ0) is 14.2. The van der Waals surface area contributed by atoms with Gasteiger partial charge in [-0.15, -0.1) is 11.6 Å². The van der Waals surface area contributed by atoms with Crippen LogP contribution in [0.3, 0.4) is 0 Å². The zero-order valence-electron chi connectivity index (χ0n) is 12.2. The number of halogens is 1. The highest BCUT2D eigenvalue weighted by Gasteiger charge is 2.08. The Labute approximate surface area is 127 Å². The van der Waals surface area contributed by atoms with Gasteiger partial charge < -0.3 is 0 Å². The molecule has 0 bridgehead atoms. The molecule has 0 aliphatic carbocycles. The molecule has 0 spiro atoms. The Morgan fingerprint density at radius 2 is 1.70 bits per heavy atom. The van der Waals surface area contributed by atoms with E-state index in [2.05, 4.69) is 61.5 Å². The summed E-state index contributed by atoms with van der Waals surface area (Å²) in [6.45, 7) is 2.15. The van der Waals surface area contributed by atoms with Gasteiger partial charge in [0.2, 0.25) is 0 Å². The predicted molar refractivity (Wildman–Crippen MR) is 88.5 cm³/mol. The van der Waals surface area contributed by atoms with Crippen LogP contribution in [-0.4, -0.2) is 5.88 Å². The Hall–Kier alpha value is -1.27. The summed E-state index contributed by atoms with van der Waals surface area (Å²) in [5.74, 6) is 1.34. The molecule has 0 fully saturated rings. The van der Waals surface area contributed by atoms with Crippen molar-refractivity contribution >= 4 is 11.6 Å². The molecule has 0 saturated carbocycles. The average molecular weight is 287 g/mol. The molecule has 0 nitrogen and oxygen atoms in total. The molecule has 0 saturated heterocycles. The molecule has 0 N–H and O–H groups in total. The van der Waals surface area contributed by atoms with Gasteiger partial charge in [0.05, 0.1) is 0 Å². The van der Waals surface area contributed by atoms with Crippen molar-refractivity contribution in [1.82, 2.24) is 0 Å². The molecule has 0 amide bonds. The Morgan fingerprint density at radius 3 is 2.40 bits per heavy atom. The van der Waals surface area contributed by atoms with Crippen LogP contribution in [-0.2, 0) is 12.8 Å². The first-order valence-corrected chi connectivity index (χ1v) is 7.97. The number of aryl methyl sites for hydroxylation is 2. The fourth-order valence-electron chi connectivity index (χ4n) is 2.65. The first-order valence-electron chi connectivity index (χ1n) is 7.43. The molecule has 0 aliphatic rings. The van der Waals surface area contributed by atoms with Crippen molar-refractivity contribution in [2.75, 3.05) is 5.88 Å².